The zero-order valence-electron chi connectivity index (χ0n) is 10.0. The Hall–Kier alpha value is -1.95. The maximum absolute atomic E-state index is 12.7. The van der Waals surface area contributed by atoms with Crippen molar-refractivity contribution in [1.82, 2.24) is 5.32 Å². The predicted molar refractivity (Wildman–Crippen MR) is 64.7 cm³/mol. The van der Waals surface area contributed by atoms with Crippen LogP contribution in [0, 0.1) is 5.82 Å². The van der Waals surface area contributed by atoms with Crippen molar-refractivity contribution in [3.8, 4) is 0 Å². The summed E-state index contributed by atoms with van der Waals surface area (Å²) in [5.41, 5.74) is 11.2. The molecular weight excluding hydrogens is 237 g/mol. The molecule has 0 heterocycles. The fraction of sp³-hybridized carbons (Fsp3) is 0.333. The van der Waals surface area contributed by atoms with Gasteiger partial charge in [-0.15, -0.1) is 0 Å². The molecule has 18 heavy (non-hydrogen) atoms. The normalized spacial score (nSPS) is 13.7. The van der Waals surface area contributed by atoms with E-state index in [2.05, 4.69) is 5.32 Å². The van der Waals surface area contributed by atoms with Crippen molar-refractivity contribution in [2.75, 3.05) is 0 Å². The van der Waals surface area contributed by atoms with Gasteiger partial charge < -0.3 is 16.8 Å². The van der Waals surface area contributed by atoms with Crippen LogP contribution in [0.2, 0.25) is 0 Å². The SMILES string of the molecule is C[C@@H](NC(=O)C(N)CC(N)=O)c1ccc(F)cc1. The monoisotopic (exact) mass is 253 g/mol. The number of nitrogens with two attached hydrogens (primary N) is 2. The second-order valence-corrected chi connectivity index (χ2v) is 4.06. The number of carbonyl (C=O) groups excluding carboxylic acids is 2. The lowest BCUT2D eigenvalue weighted by atomic mass is 10.1. The number of rotatable bonds is 5. The Balaban J connectivity index is 2.59. The van der Waals surface area contributed by atoms with E-state index in [-0.39, 0.29) is 18.3 Å². The number of nitrogens with one attached hydrogen (secondary N) is 1. The number of carbonyl (C=O) groups is 2. The first-order valence-electron chi connectivity index (χ1n) is 5.50. The largest absolute Gasteiger partial charge is 0.370 e. The van der Waals surface area contributed by atoms with Crippen molar-refractivity contribution in [3.63, 3.8) is 0 Å². The Bertz CT molecular complexity index is 433. The van der Waals surface area contributed by atoms with Crippen LogP contribution >= 0.6 is 0 Å². The third-order valence-corrected chi connectivity index (χ3v) is 2.49. The lowest BCUT2D eigenvalue weighted by Gasteiger charge is -2.17. The topological polar surface area (TPSA) is 98.2 Å². The highest BCUT2D eigenvalue weighted by Crippen LogP contribution is 2.12. The third-order valence-electron chi connectivity index (χ3n) is 2.49. The predicted octanol–water partition coefficient (Wildman–Crippen LogP) is 0.206. The summed E-state index contributed by atoms with van der Waals surface area (Å²) in [4.78, 5) is 22.2. The Morgan fingerprint density at radius 1 is 1.33 bits per heavy atom. The zero-order valence-corrected chi connectivity index (χ0v) is 10.0. The minimum atomic E-state index is -0.967. The molecule has 0 bridgehead atoms. The van der Waals surface area contributed by atoms with Gasteiger partial charge in [0.05, 0.1) is 18.5 Å². The van der Waals surface area contributed by atoms with Gasteiger partial charge in [0.1, 0.15) is 5.82 Å². The van der Waals surface area contributed by atoms with Gasteiger partial charge in [0.25, 0.3) is 0 Å². The van der Waals surface area contributed by atoms with E-state index in [1.165, 1.54) is 12.1 Å². The summed E-state index contributed by atoms with van der Waals surface area (Å²) in [7, 11) is 0. The van der Waals surface area contributed by atoms with Crippen LogP contribution in [-0.2, 0) is 9.59 Å². The number of hydrogen-bond donors (Lipinski definition) is 3. The summed E-state index contributed by atoms with van der Waals surface area (Å²) in [6.07, 6.45) is -0.206. The summed E-state index contributed by atoms with van der Waals surface area (Å²) < 4.78 is 12.7. The third kappa shape index (κ3) is 4.14. The van der Waals surface area contributed by atoms with Gasteiger partial charge in [-0.3, -0.25) is 9.59 Å². The quantitative estimate of drug-likeness (QED) is 0.699. The Morgan fingerprint density at radius 2 is 1.89 bits per heavy atom. The van der Waals surface area contributed by atoms with Gasteiger partial charge in [-0.1, -0.05) is 12.1 Å². The number of hydrogen-bond acceptors (Lipinski definition) is 3. The van der Waals surface area contributed by atoms with Crippen molar-refractivity contribution in [2.24, 2.45) is 11.5 Å². The number of benzene rings is 1. The molecule has 0 fully saturated rings. The summed E-state index contributed by atoms with van der Waals surface area (Å²) in [6, 6.07) is 4.46. The minimum absolute atomic E-state index is 0.206. The molecule has 0 radical (unpaired) electrons. The van der Waals surface area contributed by atoms with Gasteiger partial charge in [0.2, 0.25) is 11.8 Å². The van der Waals surface area contributed by atoms with E-state index in [1.54, 1.807) is 19.1 Å². The first-order chi connectivity index (χ1) is 8.40. The molecule has 98 valence electrons. The Morgan fingerprint density at radius 3 is 2.39 bits per heavy atom. The van der Waals surface area contributed by atoms with E-state index in [9.17, 15) is 14.0 Å². The van der Waals surface area contributed by atoms with Crippen molar-refractivity contribution in [2.45, 2.75) is 25.4 Å². The van der Waals surface area contributed by atoms with Gasteiger partial charge in [0, 0.05) is 0 Å². The highest BCUT2D eigenvalue weighted by Gasteiger charge is 2.18. The summed E-state index contributed by atoms with van der Waals surface area (Å²) >= 11 is 0. The average molecular weight is 253 g/mol. The van der Waals surface area contributed by atoms with E-state index < -0.39 is 17.9 Å². The van der Waals surface area contributed by atoms with Gasteiger partial charge in [0.15, 0.2) is 0 Å². The molecule has 1 aromatic carbocycles. The fourth-order valence-corrected chi connectivity index (χ4v) is 1.46. The molecule has 2 atom stereocenters. The molecule has 0 saturated carbocycles. The van der Waals surface area contributed by atoms with Crippen molar-refractivity contribution in [3.05, 3.63) is 35.6 Å². The molecule has 1 rings (SSSR count). The number of amides is 2. The molecular formula is C12H16FN3O2. The van der Waals surface area contributed by atoms with E-state index in [0.717, 1.165) is 5.56 Å². The molecule has 5 nitrogen and oxygen atoms in total. The van der Waals surface area contributed by atoms with Crippen LogP contribution < -0.4 is 16.8 Å². The van der Waals surface area contributed by atoms with Crippen LogP contribution in [0.15, 0.2) is 24.3 Å². The average Bonchev–Trinajstić information content (AvgIpc) is 2.28. The first kappa shape index (κ1) is 14.1. The molecule has 1 aromatic rings. The lowest BCUT2D eigenvalue weighted by Crippen LogP contribution is -2.43. The summed E-state index contributed by atoms with van der Waals surface area (Å²) in [5, 5.41) is 2.63. The van der Waals surface area contributed by atoms with Crippen LogP contribution in [-0.4, -0.2) is 17.9 Å². The van der Waals surface area contributed by atoms with Crippen molar-refractivity contribution < 1.29 is 14.0 Å². The van der Waals surface area contributed by atoms with Crippen LogP contribution in [0.4, 0.5) is 4.39 Å². The second kappa shape index (κ2) is 6.11. The van der Waals surface area contributed by atoms with Gasteiger partial charge in [-0.05, 0) is 24.6 Å². The van der Waals surface area contributed by atoms with E-state index >= 15 is 0 Å². The zero-order chi connectivity index (χ0) is 13.7. The molecule has 0 saturated heterocycles. The minimum Gasteiger partial charge on any atom is -0.370 e. The lowest BCUT2D eigenvalue weighted by molar-refractivity contribution is -0.126. The molecule has 0 aliphatic carbocycles. The van der Waals surface area contributed by atoms with E-state index in [0.29, 0.717) is 0 Å². The molecule has 0 aromatic heterocycles. The maximum atomic E-state index is 12.7. The molecule has 0 spiro atoms. The highest BCUT2D eigenvalue weighted by atomic mass is 19.1. The van der Waals surface area contributed by atoms with Crippen LogP contribution in [0.25, 0.3) is 0 Å². The number of primary amides is 1. The van der Waals surface area contributed by atoms with E-state index in [4.69, 9.17) is 11.5 Å². The van der Waals surface area contributed by atoms with Gasteiger partial charge in [-0.25, -0.2) is 4.39 Å². The first-order valence-corrected chi connectivity index (χ1v) is 5.50. The van der Waals surface area contributed by atoms with Crippen LogP contribution in [0.5, 0.6) is 0 Å². The Labute approximate surface area is 104 Å². The molecule has 0 aliphatic rings. The molecule has 0 aliphatic heterocycles. The van der Waals surface area contributed by atoms with Gasteiger partial charge >= 0.3 is 0 Å². The Kier molecular flexibility index (Phi) is 4.79. The molecule has 5 N–H and O–H groups in total. The van der Waals surface area contributed by atoms with Crippen molar-refractivity contribution >= 4 is 11.8 Å². The van der Waals surface area contributed by atoms with Crippen LogP contribution in [0.3, 0.4) is 0 Å². The smallest absolute Gasteiger partial charge is 0.237 e. The fourth-order valence-electron chi connectivity index (χ4n) is 1.46. The highest BCUT2D eigenvalue weighted by molar-refractivity contribution is 5.87. The summed E-state index contributed by atoms with van der Waals surface area (Å²) in [5.74, 6) is -1.44. The molecule has 1 unspecified atom stereocenters. The van der Waals surface area contributed by atoms with Crippen LogP contribution in [0.1, 0.15) is 24.9 Å². The maximum Gasteiger partial charge on any atom is 0.237 e. The molecule has 2 amide bonds. The molecule has 6 heteroatoms. The van der Waals surface area contributed by atoms with Crippen molar-refractivity contribution in [1.29, 1.82) is 0 Å². The number of halogens is 1. The standard InChI is InChI=1S/C12H16FN3O2/c1-7(8-2-4-9(13)5-3-8)16-12(18)10(14)6-11(15)17/h2-5,7,10H,6,14H2,1H3,(H2,15,17)(H,16,18)/t7-,10?/m1/s1. The second-order valence-electron chi connectivity index (χ2n) is 4.06. The van der Waals surface area contributed by atoms with E-state index in [1.807, 2.05) is 0 Å². The summed E-state index contributed by atoms with van der Waals surface area (Å²) in [6.45, 7) is 1.74. The van der Waals surface area contributed by atoms with Gasteiger partial charge in [-0.2, -0.15) is 0 Å².